The fourth-order valence-corrected chi connectivity index (χ4v) is 1.78. The van der Waals surface area contributed by atoms with Crippen LogP contribution in [0.5, 0.6) is 0 Å². The molecule has 0 aliphatic rings. The van der Waals surface area contributed by atoms with Gasteiger partial charge in [0.2, 0.25) is 0 Å². The van der Waals surface area contributed by atoms with E-state index in [1.54, 1.807) is 0 Å². The van der Waals surface area contributed by atoms with Crippen molar-refractivity contribution in [2.45, 2.75) is 33.6 Å². The van der Waals surface area contributed by atoms with E-state index in [9.17, 15) is 4.89 Å². The summed E-state index contributed by atoms with van der Waals surface area (Å²) < 4.78 is 5.23. The highest BCUT2D eigenvalue weighted by Crippen LogP contribution is 2.32. The molecule has 0 fully saturated rings. The topological polar surface area (TPSA) is 29.5 Å². The van der Waals surface area contributed by atoms with Crippen molar-refractivity contribution in [3.05, 3.63) is 0 Å². The van der Waals surface area contributed by atoms with E-state index >= 15 is 0 Å². The fraction of sp³-hybridized carbons (Fsp3) is 1.00. The summed E-state index contributed by atoms with van der Waals surface area (Å²) >= 11 is 0. The highest BCUT2D eigenvalue weighted by atomic mass is 31.2. The van der Waals surface area contributed by atoms with E-state index in [0.29, 0.717) is 12.5 Å². The van der Waals surface area contributed by atoms with Crippen molar-refractivity contribution in [1.29, 1.82) is 0 Å². The summed E-state index contributed by atoms with van der Waals surface area (Å²) in [4.78, 5) is 9.27. The molecule has 1 unspecified atom stereocenters. The molecule has 0 aromatic carbocycles. The van der Waals surface area contributed by atoms with Gasteiger partial charge in [-0.25, -0.2) is 0 Å². The Morgan fingerprint density at radius 3 is 2.55 bits per heavy atom. The maximum atomic E-state index is 9.27. The Morgan fingerprint density at radius 2 is 2.09 bits per heavy atom. The van der Waals surface area contributed by atoms with E-state index in [1.165, 1.54) is 0 Å². The van der Waals surface area contributed by atoms with Gasteiger partial charge in [-0.05, 0) is 12.3 Å². The van der Waals surface area contributed by atoms with Crippen LogP contribution in [0.1, 0.15) is 33.6 Å². The molecule has 0 aliphatic heterocycles. The predicted octanol–water partition coefficient (Wildman–Crippen LogP) is 2.76. The van der Waals surface area contributed by atoms with Gasteiger partial charge in [0.05, 0.1) is 6.61 Å². The molecule has 11 heavy (non-hydrogen) atoms. The predicted molar refractivity (Wildman–Crippen MR) is 49.7 cm³/mol. The molecular formula is C8H19O2P. The Bertz CT molecular complexity index is 86.2. The average molecular weight is 178 g/mol. The average Bonchev–Trinajstić information content (AvgIpc) is 1.97. The van der Waals surface area contributed by atoms with Gasteiger partial charge in [-0.3, -0.25) is 0 Å². The van der Waals surface area contributed by atoms with Crippen molar-refractivity contribution < 1.29 is 9.42 Å². The van der Waals surface area contributed by atoms with Gasteiger partial charge in [-0.1, -0.05) is 27.2 Å². The molecule has 0 rings (SSSR count). The molecule has 1 N–H and O–H groups in total. The molecule has 0 aliphatic carbocycles. The van der Waals surface area contributed by atoms with Crippen LogP contribution < -0.4 is 0 Å². The standard InChI is InChI=1S/C8H19O2P/c1-4-5-6-11(9)10-7-8(2)3/h8-9H,4-7H2,1-3H3. The zero-order valence-corrected chi connectivity index (χ0v) is 8.60. The molecule has 3 heteroatoms. The Kier molecular flexibility index (Phi) is 7.25. The molecule has 0 radical (unpaired) electrons. The van der Waals surface area contributed by atoms with Crippen LogP contribution >= 0.6 is 8.38 Å². The maximum Gasteiger partial charge on any atom is 0.167 e. The van der Waals surface area contributed by atoms with Crippen LogP contribution in [0.25, 0.3) is 0 Å². The lowest BCUT2D eigenvalue weighted by molar-refractivity contribution is 0.267. The van der Waals surface area contributed by atoms with E-state index in [-0.39, 0.29) is 0 Å². The number of unbranched alkanes of at least 4 members (excludes halogenated alkanes) is 1. The Morgan fingerprint density at radius 1 is 1.45 bits per heavy atom. The molecule has 0 amide bonds. The van der Waals surface area contributed by atoms with Crippen molar-refractivity contribution in [2.75, 3.05) is 12.8 Å². The zero-order valence-electron chi connectivity index (χ0n) is 7.71. The van der Waals surface area contributed by atoms with Crippen molar-refractivity contribution in [3.63, 3.8) is 0 Å². The highest BCUT2D eigenvalue weighted by Gasteiger charge is 2.04. The van der Waals surface area contributed by atoms with Gasteiger partial charge < -0.3 is 9.42 Å². The van der Waals surface area contributed by atoms with Crippen LogP contribution in [-0.2, 0) is 4.52 Å². The van der Waals surface area contributed by atoms with Crippen LogP contribution in [-0.4, -0.2) is 17.7 Å². The Balaban J connectivity index is 3.15. The van der Waals surface area contributed by atoms with Gasteiger partial charge in [0, 0.05) is 6.16 Å². The van der Waals surface area contributed by atoms with Crippen LogP contribution in [0, 0.1) is 5.92 Å². The highest BCUT2D eigenvalue weighted by molar-refractivity contribution is 7.46. The summed E-state index contributed by atoms with van der Waals surface area (Å²) in [6.07, 6.45) is 3.03. The lowest BCUT2D eigenvalue weighted by Crippen LogP contribution is -1.99. The second kappa shape index (κ2) is 7.02. The van der Waals surface area contributed by atoms with Crippen molar-refractivity contribution in [2.24, 2.45) is 5.92 Å². The van der Waals surface area contributed by atoms with Crippen LogP contribution in [0.4, 0.5) is 0 Å². The summed E-state index contributed by atoms with van der Waals surface area (Å²) in [5, 5.41) is 0. The first kappa shape index (κ1) is 11.4. The van der Waals surface area contributed by atoms with Crippen LogP contribution in [0.15, 0.2) is 0 Å². The van der Waals surface area contributed by atoms with E-state index < -0.39 is 8.38 Å². The number of hydrogen-bond donors (Lipinski definition) is 1. The minimum atomic E-state index is -1.12. The summed E-state index contributed by atoms with van der Waals surface area (Å²) in [7, 11) is -1.12. The van der Waals surface area contributed by atoms with Gasteiger partial charge in [0.25, 0.3) is 0 Å². The minimum Gasteiger partial charge on any atom is -0.350 e. The fourth-order valence-electron chi connectivity index (χ4n) is 0.593. The third-order valence-corrected chi connectivity index (χ3v) is 2.41. The third-order valence-electron chi connectivity index (χ3n) is 1.26. The molecule has 0 aromatic rings. The minimum absolute atomic E-state index is 0.522. The molecule has 0 aromatic heterocycles. The van der Waals surface area contributed by atoms with E-state index in [4.69, 9.17) is 4.52 Å². The summed E-state index contributed by atoms with van der Waals surface area (Å²) in [5.74, 6) is 0.522. The van der Waals surface area contributed by atoms with Crippen molar-refractivity contribution in [3.8, 4) is 0 Å². The van der Waals surface area contributed by atoms with Crippen LogP contribution in [0.3, 0.4) is 0 Å². The Labute approximate surface area is 70.9 Å². The van der Waals surface area contributed by atoms with E-state index in [1.807, 2.05) is 0 Å². The van der Waals surface area contributed by atoms with Gasteiger partial charge in [-0.2, -0.15) is 0 Å². The van der Waals surface area contributed by atoms with Gasteiger partial charge in [0.1, 0.15) is 0 Å². The first-order chi connectivity index (χ1) is 5.16. The third kappa shape index (κ3) is 8.25. The normalized spacial score (nSPS) is 13.9. The molecule has 1 atom stereocenters. The monoisotopic (exact) mass is 178 g/mol. The van der Waals surface area contributed by atoms with Crippen LogP contribution in [0.2, 0.25) is 0 Å². The van der Waals surface area contributed by atoms with E-state index in [2.05, 4.69) is 20.8 Å². The second-order valence-electron chi connectivity index (χ2n) is 3.12. The lowest BCUT2D eigenvalue weighted by Gasteiger charge is -2.11. The molecule has 0 bridgehead atoms. The first-order valence-electron chi connectivity index (χ1n) is 4.26. The van der Waals surface area contributed by atoms with Gasteiger partial charge in [-0.15, -0.1) is 0 Å². The SMILES string of the molecule is CCCCP(O)OCC(C)C. The van der Waals surface area contributed by atoms with E-state index in [0.717, 1.165) is 19.0 Å². The lowest BCUT2D eigenvalue weighted by atomic mass is 10.2. The Hall–Kier alpha value is 0.350. The smallest absolute Gasteiger partial charge is 0.167 e. The van der Waals surface area contributed by atoms with Crippen molar-refractivity contribution in [1.82, 2.24) is 0 Å². The van der Waals surface area contributed by atoms with Crippen molar-refractivity contribution >= 4 is 8.38 Å². The molecular weight excluding hydrogens is 159 g/mol. The first-order valence-corrected chi connectivity index (χ1v) is 5.66. The molecule has 0 saturated heterocycles. The molecule has 68 valence electrons. The largest absolute Gasteiger partial charge is 0.350 e. The maximum absolute atomic E-state index is 9.27. The molecule has 2 nitrogen and oxygen atoms in total. The molecule has 0 spiro atoms. The quantitative estimate of drug-likeness (QED) is 0.634. The second-order valence-corrected chi connectivity index (χ2v) is 4.53. The summed E-state index contributed by atoms with van der Waals surface area (Å²) in [6.45, 7) is 6.98. The summed E-state index contributed by atoms with van der Waals surface area (Å²) in [5.41, 5.74) is 0. The number of hydrogen-bond acceptors (Lipinski definition) is 2. The summed E-state index contributed by atoms with van der Waals surface area (Å²) in [6, 6.07) is 0. The van der Waals surface area contributed by atoms with Gasteiger partial charge >= 0.3 is 0 Å². The molecule has 0 heterocycles. The molecule has 0 saturated carbocycles. The van der Waals surface area contributed by atoms with Gasteiger partial charge in [0.15, 0.2) is 8.38 Å². The number of rotatable bonds is 6. The zero-order chi connectivity index (χ0) is 8.69.